The lowest BCUT2D eigenvalue weighted by Gasteiger charge is -2.20. The van der Waals surface area contributed by atoms with Crippen LogP contribution in [0.15, 0.2) is 24.3 Å². The normalized spacial score (nSPS) is 15.8. The smallest absolute Gasteiger partial charge is 0.307 e. The molecule has 1 rings (SSSR count). The third-order valence-electron chi connectivity index (χ3n) is 3.57. The van der Waals surface area contributed by atoms with E-state index in [1.54, 1.807) is 19.1 Å². The second kappa shape index (κ2) is 7.24. The highest BCUT2D eigenvalue weighted by atomic mass is 19.1. The molecule has 0 radical (unpaired) electrons. The van der Waals surface area contributed by atoms with E-state index in [1.807, 2.05) is 13.0 Å². The van der Waals surface area contributed by atoms with E-state index in [1.165, 1.54) is 6.07 Å². The zero-order chi connectivity index (χ0) is 14.4. The number of benzene rings is 1. The Labute approximate surface area is 113 Å². The summed E-state index contributed by atoms with van der Waals surface area (Å²) >= 11 is 0. The molecular weight excluding hydrogens is 245 g/mol. The van der Waals surface area contributed by atoms with Gasteiger partial charge in [-0.15, -0.1) is 0 Å². The van der Waals surface area contributed by atoms with Crippen LogP contribution in [0, 0.1) is 17.7 Å². The molecule has 0 amide bonds. The first-order valence-electron chi connectivity index (χ1n) is 6.63. The Balaban J connectivity index is 2.42. The van der Waals surface area contributed by atoms with E-state index in [-0.39, 0.29) is 17.8 Å². The van der Waals surface area contributed by atoms with Crippen LogP contribution in [0.1, 0.15) is 32.3 Å². The summed E-state index contributed by atoms with van der Waals surface area (Å²) in [6, 6.07) is 6.38. The predicted molar refractivity (Wildman–Crippen MR) is 73.3 cm³/mol. The maximum Gasteiger partial charge on any atom is 0.307 e. The molecule has 4 heteroatoms. The van der Waals surface area contributed by atoms with E-state index < -0.39 is 11.9 Å². The summed E-state index contributed by atoms with van der Waals surface area (Å²) < 4.78 is 13.4. The van der Waals surface area contributed by atoms with E-state index in [0.29, 0.717) is 18.4 Å². The van der Waals surface area contributed by atoms with Gasteiger partial charge in [0, 0.05) is 6.04 Å². The molecule has 19 heavy (non-hydrogen) atoms. The van der Waals surface area contributed by atoms with Crippen LogP contribution in [-0.4, -0.2) is 17.1 Å². The lowest BCUT2D eigenvalue weighted by atomic mass is 9.89. The van der Waals surface area contributed by atoms with Gasteiger partial charge in [0.1, 0.15) is 5.82 Å². The Morgan fingerprint density at radius 3 is 2.58 bits per heavy atom. The van der Waals surface area contributed by atoms with Crippen LogP contribution in [0.2, 0.25) is 0 Å². The van der Waals surface area contributed by atoms with Gasteiger partial charge in [-0.1, -0.05) is 32.0 Å². The Morgan fingerprint density at radius 2 is 2.00 bits per heavy atom. The van der Waals surface area contributed by atoms with Crippen LogP contribution in [0.3, 0.4) is 0 Å². The molecule has 0 aliphatic heterocycles. The van der Waals surface area contributed by atoms with Gasteiger partial charge >= 0.3 is 5.97 Å². The number of carboxylic acid groups (broad SMARTS) is 1. The van der Waals surface area contributed by atoms with Crippen molar-refractivity contribution in [3.63, 3.8) is 0 Å². The predicted octanol–water partition coefficient (Wildman–Crippen LogP) is 2.83. The van der Waals surface area contributed by atoms with Crippen molar-refractivity contribution in [3.8, 4) is 0 Å². The monoisotopic (exact) mass is 267 g/mol. The molecule has 3 nitrogen and oxygen atoms in total. The van der Waals surface area contributed by atoms with Gasteiger partial charge in [-0.3, -0.25) is 4.79 Å². The molecule has 1 aromatic rings. The zero-order valence-electron chi connectivity index (χ0n) is 11.5. The standard InChI is InChI=1S/C15H22FNO2/c1-10(9-14(17)11(2)15(18)19)7-8-12-5-3-4-6-13(12)16/h3-6,10-11,14H,7-9,17H2,1-2H3,(H,18,19). The zero-order valence-corrected chi connectivity index (χ0v) is 11.5. The SMILES string of the molecule is CC(CCc1ccccc1F)CC(N)C(C)C(=O)O. The lowest BCUT2D eigenvalue weighted by molar-refractivity contribution is -0.141. The highest BCUT2D eigenvalue weighted by Gasteiger charge is 2.21. The van der Waals surface area contributed by atoms with Crippen LogP contribution in [-0.2, 0) is 11.2 Å². The van der Waals surface area contributed by atoms with Crippen molar-refractivity contribution in [2.75, 3.05) is 0 Å². The summed E-state index contributed by atoms with van der Waals surface area (Å²) in [6.45, 7) is 3.64. The number of carbonyl (C=O) groups is 1. The molecule has 0 spiro atoms. The van der Waals surface area contributed by atoms with Crippen molar-refractivity contribution < 1.29 is 14.3 Å². The number of nitrogens with two attached hydrogens (primary N) is 1. The lowest BCUT2D eigenvalue weighted by Crippen LogP contribution is -2.35. The Bertz CT molecular complexity index is 422. The third-order valence-corrected chi connectivity index (χ3v) is 3.57. The summed E-state index contributed by atoms with van der Waals surface area (Å²) in [4.78, 5) is 10.8. The van der Waals surface area contributed by atoms with E-state index in [0.717, 1.165) is 6.42 Å². The van der Waals surface area contributed by atoms with Gasteiger partial charge in [0.15, 0.2) is 0 Å². The van der Waals surface area contributed by atoms with Gasteiger partial charge in [-0.2, -0.15) is 0 Å². The second-order valence-electron chi connectivity index (χ2n) is 5.26. The minimum Gasteiger partial charge on any atom is -0.481 e. The number of hydrogen-bond acceptors (Lipinski definition) is 2. The van der Waals surface area contributed by atoms with Crippen molar-refractivity contribution in [1.82, 2.24) is 0 Å². The number of aryl methyl sites for hydroxylation is 1. The average molecular weight is 267 g/mol. The first kappa shape index (κ1) is 15.6. The van der Waals surface area contributed by atoms with Crippen LogP contribution >= 0.6 is 0 Å². The van der Waals surface area contributed by atoms with Crippen LogP contribution in [0.5, 0.6) is 0 Å². The van der Waals surface area contributed by atoms with Crippen molar-refractivity contribution in [2.24, 2.45) is 17.6 Å². The van der Waals surface area contributed by atoms with E-state index in [9.17, 15) is 9.18 Å². The molecule has 0 saturated heterocycles. The fraction of sp³-hybridized carbons (Fsp3) is 0.533. The van der Waals surface area contributed by atoms with Gasteiger partial charge in [0.2, 0.25) is 0 Å². The molecule has 3 atom stereocenters. The summed E-state index contributed by atoms with van der Waals surface area (Å²) in [5.41, 5.74) is 6.57. The van der Waals surface area contributed by atoms with Crippen LogP contribution in [0.4, 0.5) is 4.39 Å². The second-order valence-corrected chi connectivity index (χ2v) is 5.26. The van der Waals surface area contributed by atoms with Crippen molar-refractivity contribution in [3.05, 3.63) is 35.6 Å². The number of halogens is 1. The van der Waals surface area contributed by atoms with Crippen molar-refractivity contribution in [1.29, 1.82) is 0 Å². The van der Waals surface area contributed by atoms with Crippen molar-refractivity contribution >= 4 is 5.97 Å². The maximum atomic E-state index is 13.4. The van der Waals surface area contributed by atoms with Crippen LogP contribution in [0.25, 0.3) is 0 Å². The maximum absolute atomic E-state index is 13.4. The molecule has 0 heterocycles. The van der Waals surface area contributed by atoms with Gasteiger partial charge in [0.25, 0.3) is 0 Å². The summed E-state index contributed by atoms with van der Waals surface area (Å²) in [7, 11) is 0. The molecule has 3 unspecified atom stereocenters. The highest BCUT2D eigenvalue weighted by molar-refractivity contribution is 5.70. The topological polar surface area (TPSA) is 63.3 Å². The molecule has 0 aliphatic rings. The average Bonchev–Trinajstić information content (AvgIpc) is 2.36. The molecule has 1 aromatic carbocycles. The minimum absolute atomic E-state index is 0.182. The van der Waals surface area contributed by atoms with E-state index >= 15 is 0 Å². The molecule has 106 valence electrons. The first-order valence-corrected chi connectivity index (χ1v) is 6.63. The molecule has 0 bridgehead atoms. The van der Waals surface area contributed by atoms with Crippen molar-refractivity contribution in [2.45, 2.75) is 39.2 Å². The van der Waals surface area contributed by atoms with Gasteiger partial charge in [-0.05, 0) is 36.8 Å². The van der Waals surface area contributed by atoms with Crippen LogP contribution < -0.4 is 5.73 Å². The van der Waals surface area contributed by atoms with E-state index in [2.05, 4.69) is 0 Å². The summed E-state index contributed by atoms with van der Waals surface area (Å²) in [5.74, 6) is -1.32. The van der Waals surface area contributed by atoms with Gasteiger partial charge in [0.05, 0.1) is 5.92 Å². The number of carboxylic acids is 1. The highest BCUT2D eigenvalue weighted by Crippen LogP contribution is 2.18. The molecule has 0 saturated carbocycles. The quantitative estimate of drug-likeness (QED) is 0.798. The summed E-state index contributed by atoms with van der Waals surface area (Å²) in [6.07, 6.45) is 2.10. The summed E-state index contributed by atoms with van der Waals surface area (Å²) in [5, 5.41) is 8.88. The minimum atomic E-state index is -0.867. The third kappa shape index (κ3) is 4.99. The number of rotatable bonds is 7. The molecular formula is C15H22FNO2. The molecule has 0 fully saturated rings. The molecule has 0 aliphatic carbocycles. The first-order chi connectivity index (χ1) is 8.91. The van der Waals surface area contributed by atoms with Gasteiger partial charge < -0.3 is 10.8 Å². The fourth-order valence-electron chi connectivity index (χ4n) is 2.07. The Hall–Kier alpha value is -1.42. The largest absolute Gasteiger partial charge is 0.481 e. The number of hydrogen-bond donors (Lipinski definition) is 2. The Kier molecular flexibility index (Phi) is 5.96. The van der Waals surface area contributed by atoms with E-state index in [4.69, 9.17) is 10.8 Å². The number of aliphatic carboxylic acids is 1. The van der Waals surface area contributed by atoms with Gasteiger partial charge in [-0.25, -0.2) is 4.39 Å². The molecule has 0 aromatic heterocycles. The molecule has 3 N–H and O–H groups in total. The fourth-order valence-corrected chi connectivity index (χ4v) is 2.07. The Morgan fingerprint density at radius 1 is 1.37 bits per heavy atom.